The molecule has 30 heavy (non-hydrogen) atoms. The van der Waals surface area contributed by atoms with E-state index in [1.165, 1.54) is 24.8 Å². The first-order valence-electron chi connectivity index (χ1n) is 11.4. The number of hydrogen-bond donors (Lipinski definition) is 1. The predicted octanol–water partition coefficient (Wildman–Crippen LogP) is 3.58. The van der Waals surface area contributed by atoms with Crippen LogP contribution in [0.4, 0.5) is 5.82 Å². The third-order valence-corrected chi connectivity index (χ3v) is 7.99. The van der Waals surface area contributed by atoms with Gasteiger partial charge in [0.05, 0.1) is 11.1 Å². The Kier molecular flexibility index (Phi) is 4.37. The Labute approximate surface area is 177 Å². The molecule has 6 heteroatoms. The molecule has 7 rings (SSSR count). The summed E-state index contributed by atoms with van der Waals surface area (Å²) in [5.41, 5.74) is 3.29. The van der Waals surface area contributed by atoms with Crippen LogP contribution in [-0.4, -0.2) is 32.3 Å². The van der Waals surface area contributed by atoms with Crippen LogP contribution in [-0.2, 0) is 24.3 Å². The van der Waals surface area contributed by atoms with Crippen molar-refractivity contribution in [2.75, 3.05) is 11.9 Å². The zero-order chi connectivity index (χ0) is 20.1. The van der Waals surface area contributed by atoms with Crippen molar-refractivity contribution in [2.24, 2.45) is 23.2 Å². The van der Waals surface area contributed by atoms with E-state index in [1.807, 2.05) is 12.4 Å². The van der Waals surface area contributed by atoms with Gasteiger partial charge in [-0.3, -0.25) is 14.7 Å². The highest BCUT2D eigenvalue weighted by atomic mass is 16.2. The number of nitrogens with zero attached hydrogens (tertiary/aromatic N) is 4. The molecule has 4 aliphatic carbocycles. The van der Waals surface area contributed by atoms with E-state index >= 15 is 0 Å². The standard InChI is InChI=1S/C24H29N5O/c30-23(24-10-17-7-18(11-24)9-19(8-17)12-24)28-22-20-3-6-29(14-21(20)26-15-27-22)13-16-1-4-25-5-2-16/h1-2,4-5,15,17-19H,3,6-14H2,(H,26,27,28,30). The van der Waals surface area contributed by atoms with Crippen molar-refractivity contribution < 1.29 is 4.79 Å². The number of carbonyl (C=O) groups excluding carboxylic acids is 1. The maximum absolute atomic E-state index is 13.5. The number of hydrogen-bond acceptors (Lipinski definition) is 5. The van der Waals surface area contributed by atoms with Gasteiger partial charge < -0.3 is 5.32 Å². The normalized spacial score (nSPS) is 32.1. The summed E-state index contributed by atoms with van der Waals surface area (Å²) in [6, 6.07) is 4.12. The van der Waals surface area contributed by atoms with Gasteiger partial charge in [-0.25, -0.2) is 9.97 Å². The van der Waals surface area contributed by atoms with Crippen LogP contribution in [0.1, 0.15) is 55.3 Å². The van der Waals surface area contributed by atoms with E-state index in [4.69, 9.17) is 0 Å². The summed E-state index contributed by atoms with van der Waals surface area (Å²) in [4.78, 5) is 29.0. The van der Waals surface area contributed by atoms with Gasteiger partial charge in [-0.1, -0.05) is 0 Å². The third-order valence-electron chi connectivity index (χ3n) is 7.99. The van der Waals surface area contributed by atoms with E-state index in [2.05, 4.69) is 37.3 Å². The predicted molar refractivity (Wildman–Crippen MR) is 113 cm³/mol. The Balaban J connectivity index is 1.19. The van der Waals surface area contributed by atoms with Crippen molar-refractivity contribution in [1.29, 1.82) is 0 Å². The average Bonchev–Trinajstić information content (AvgIpc) is 2.73. The maximum atomic E-state index is 13.5. The Morgan fingerprint density at radius 2 is 1.77 bits per heavy atom. The van der Waals surface area contributed by atoms with Gasteiger partial charge in [-0.2, -0.15) is 0 Å². The van der Waals surface area contributed by atoms with E-state index < -0.39 is 0 Å². The van der Waals surface area contributed by atoms with E-state index in [1.54, 1.807) is 6.33 Å². The molecule has 0 unspecified atom stereocenters. The van der Waals surface area contributed by atoms with Crippen molar-refractivity contribution in [3.8, 4) is 0 Å². The topological polar surface area (TPSA) is 71.0 Å². The van der Waals surface area contributed by atoms with Gasteiger partial charge >= 0.3 is 0 Å². The summed E-state index contributed by atoms with van der Waals surface area (Å²) in [5, 5.41) is 3.27. The lowest BCUT2D eigenvalue weighted by Gasteiger charge is -2.55. The highest BCUT2D eigenvalue weighted by molar-refractivity contribution is 5.95. The Morgan fingerprint density at radius 3 is 2.47 bits per heavy atom. The molecule has 4 bridgehead atoms. The fourth-order valence-electron chi connectivity index (χ4n) is 7.03. The van der Waals surface area contributed by atoms with Crippen LogP contribution >= 0.6 is 0 Å². The SMILES string of the molecule is O=C(Nc1ncnc2c1CCN(Cc1ccncc1)C2)C12CC3CC(CC(C3)C1)C2. The highest BCUT2D eigenvalue weighted by Crippen LogP contribution is 2.60. The van der Waals surface area contributed by atoms with Gasteiger partial charge in [0, 0.05) is 37.6 Å². The number of aromatic nitrogens is 3. The van der Waals surface area contributed by atoms with Crippen LogP contribution in [0, 0.1) is 23.2 Å². The summed E-state index contributed by atoms with van der Waals surface area (Å²) in [6.07, 6.45) is 13.5. The second-order valence-corrected chi connectivity index (χ2v) is 10.1. The number of amides is 1. The lowest BCUT2D eigenvalue weighted by Crippen LogP contribution is -2.52. The zero-order valence-corrected chi connectivity index (χ0v) is 17.4. The lowest BCUT2D eigenvalue weighted by molar-refractivity contribution is -0.140. The van der Waals surface area contributed by atoms with Gasteiger partial charge in [0.25, 0.3) is 0 Å². The fourth-order valence-corrected chi connectivity index (χ4v) is 7.03. The quantitative estimate of drug-likeness (QED) is 0.845. The molecular weight excluding hydrogens is 374 g/mol. The Hall–Kier alpha value is -2.34. The molecule has 0 saturated heterocycles. The molecule has 0 aromatic carbocycles. The number of anilines is 1. The molecular formula is C24H29N5O. The van der Waals surface area contributed by atoms with Crippen LogP contribution in [0.2, 0.25) is 0 Å². The van der Waals surface area contributed by atoms with Crippen molar-refractivity contribution >= 4 is 11.7 Å². The van der Waals surface area contributed by atoms with Crippen molar-refractivity contribution in [2.45, 2.75) is 58.0 Å². The monoisotopic (exact) mass is 403 g/mol. The molecule has 0 atom stereocenters. The maximum Gasteiger partial charge on any atom is 0.231 e. The number of fused-ring (bicyclic) bond motifs is 1. The number of carbonyl (C=O) groups is 1. The van der Waals surface area contributed by atoms with E-state index in [0.717, 1.165) is 80.1 Å². The molecule has 1 amide bonds. The number of nitrogens with one attached hydrogen (secondary N) is 1. The molecule has 6 nitrogen and oxygen atoms in total. The van der Waals surface area contributed by atoms with Crippen LogP contribution in [0.15, 0.2) is 30.9 Å². The van der Waals surface area contributed by atoms with Gasteiger partial charge in [0.1, 0.15) is 12.1 Å². The van der Waals surface area contributed by atoms with Gasteiger partial charge in [0.15, 0.2) is 0 Å². The van der Waals surface area contributed by atoms with Crippen molar-refractivity contribution in [3.05, 3.63) is 47.7 Å². The second-order valence-electron chi connectivity index (χ2n) is 10.1. The molecule has 2 aromatic heterocycles. The molecule has 1 aliphatic heterocycles. The molecule has 4 fully saturated rings. The smallest absolute Gasteiger partial charge is 0.231 e. The first kappa shape index (κ1) is 18.4. The van der Waals surface area contributed by atoms with Crippen LogP contribution < -0.4 is 5.32 Å². The fraction of sp³-hybridized carbons (Fsp3) is 0.583. The molecule has 0 spiro atoms. The number of rotatable bonds is 4. The summed E-state index contributed by atoms with van der Waals surface area (Å²) in [6.45, 7) is 2.63. The number of pyridine rings is 1. The van der Waals surface area contributed by atoms with Crippen LogP contribution in [0.5, 0.6) is 0 Å². The largest absolute Gasteiger partial charge is 0.310 e. The van der Waals surface area contributed by atoms with Crippen LogP contribution in [0.25, 0.3) is 0 Å². The van der Waals surface area contributed by atoms with Gasteiger partial charge in [-0.05, 0) is 80.4 Å². The van der Waals surface area contributed by atoms with E-state index in [-0.39, 0.29) is 11.3 Å². The minimum atomic E-state index is -0.144. The third kappa shape index (κ3) is 3.22. The summed E-state index contributed by atoms with van der Waals surface area (Å²) in [5.74, 6) is 3.28. The molecule has 156 valence electrons. The Bertz CT molecular complexity index is 924. The summed E-state index contributed by atoms with van der Waals surface area (Å²) < 4.78 is 0. The molecule has 1 N–H and O–H groups in total. The Morgan fingerprint density at radius 1 is 1.07 bits per heavy atom. The highest BCUT2D eigenvalue weighted by Gasteiger charge is 2.54. The zero-order valence-electron chi connectivity index (χ0n) is 17.4. The van der Waals surface area contributed by atoms with Crippen molar-refractivity contribution in [1.82, 2.24) is 19.9 Å². The van der Waals surface area contributed by atoms with Gasteiger partial charge in [0.2, 0.25) is 5.91 Å². The lowest BCUT2D eigenvalue weighted by atomic mass is 9.49. The molecule has 2 aromatic rings. The van der Waals surface area contributed by atoms with E-state index in [0.29, 0.717) is 0 Å². The van der Waals surface area contributed by atoms with E-state index in [9.17, 15) is 4.79 Å². The molecule has 5 aliphatic rings. The summed E-state index contributed by atoms with van der Waals surface area (Å²) in [7, 11) is 0. The van der Waals surface area contributed by atoms with Crippen LogP contribution in [0.3, 0.4) is 0 Å². The minimum absolute atomic E-state index is 0.144. The molecule has 0 radical (unpaired) electrons. The first-order valence-corrected chi connectivity index (χ1v) is 11.4. The summed E-state index contributed by atoms with van der Waals surface area (Å²) >= 11 is 0. The molecule has 4 saturated carbocycles. The van der Waals surface area contributed by atoms with Gasteiger partial charge in [-0.15, -0.1) is 0 Å². The second kappa shape index (κ2) is 7.12. The molecule has 3 heterocycles. The van der Waals surface area contributed by atoms with Crippen molar-refractivity contribution in [3.63, 3.8) is 0 Å². The first-order chi connectivity index (χ1) is 14.7. The average molecular weight is 404 g/mol. The minimum Gasteiger partial charge on any atom is -0.310 e.